The molecule has 0 atom stereocenters. The number of hydrogen-bond donors (Lipinski definition) is 1. The normalized spacial score (nSPS) is 11.7. The Bertz CT molecular complexity index is 917. The lowest BCUT2D eigenvalue weighted by Gasteiger charge is -2.19. The molecule has 1 aromatic heterocycles. The van der Waals surface area contributed by atoms with Crippen LogP contribution in [0.4, 0.5) is 0 Å². The number of hydrogen-bond acceptors (Lipinski definition) is 2. The number of aryl methyl sites for hydroxylation is 2. The van der Waals surface area contributed by atoms with E-state index >= 15 is 0 Å². The molecule has 2 aromatic carbocycles. The number of rotatable bonds is 6. The van der Waals surface area contributed by atoms with Crippen molar-refractivity contribution < 1.29 is 4.79 Å². The van der Waals surface area contributed by atoms with Crippen molar-refractivity contribution in [2.75, 3.05) is 0 Å². The van der Waals surface area contributed by atoms with Gasteiger partial charge in [-0.3, -0.25) is 4.79 Å². The molecule has 0 unspecified atom stereocenters. The van der Waals surface area contributed by atoms with E-state index in [1.165, 1.54) is 11.1 Å². The molecule has 0 radical (unpaired) electrons. The molecule has 27 heavy (non-hydrogen) atoms. The van der Waals surface area contributed by atoms with Crippen LogP contribution in [0.5, 0.6) is 0 Å². The van der Waals surface area contributed by atoms with Gasteiger partial charge in [-0.1, -0.05) is 57.2 Å². The number of fused-ring (bicyclic) bond motifs is 1. The van der Waals surface area contributed by atoms with Crippen molar-refractivity contribution in [3.63, 3.8) is 0 Å². The molecule has 0 spiro atoms. The number of nitrogens with one attached hydrogen (secondary N) is 1. The van der Waals surface area contributed by atoms with Crippen LogP contribution in [0.2, 0.25) is 0 Å². The number of aromatic nitrogens is 2. The Hall–Kier alpha value is -2.62. The second-order valence-electron chi connectivity index (χ2n) is 7.98. The van der Waals surface area contributed by atoms with Crippen molar-refractivity contribution in [2.24, 2.45) is 0 Å². The lowest BCUT2D eigenvalue weighted by atomic mass is 9.86. The third-order valence-corrected chi connectivity index (χ3v) is 4.95. The Morgan fingerprint density at radius 2 is 1.78 bits per heavy atom. The van der Waals surface area contributed by atoms with Crippen molar-refractivity contribution in [2.45, 2.75) is 59.0 Å². The average Bonchev–Trinajstić information content (AvgIpc) is 3.01. The summed E-state index contributed by atoms with van der Waals surface area (Å²) in [5.74, 6) is 0.964. The van der Waals surface area contributed by atoms with E-state index in [1.807, 2.05) is 18.2 Å². The number of amides is 1. The molecule has 1 heterocycles. The van der Waals surface area contributed by atoms with Crippen LogP contribution in [0, 0.1) is 0 Å². The fraction of sp³-hybridized carbons (Fsp3) is 0.391. The van der Waals surface area contributed by atoms with Gasteiger partial charge < -0.3 is 9.88 Å². The fourth-order valence-electron chi connectivity index (χ4n) is 3.31. The van der Waals surface area contributed by atoms with Gasteiger partial charge in [-0.05, 0) is 42.0 Å². The lowest BCUT2D eigenvalue weighted by Crippen LogP contribution is -2.25. The zero-order valence-corrected chi connectivity index (χ0v) is 16.7. The van der Waals surface area contributed by atoms with E-state index < -0.39 is 0 Å². The van der Waals surface area contributed by atoms with Gasteiger partial charge in [0.25, 0.3) is 0 Å². The summed E-state index contributed by atoms with van der Waals surface area (Å²) in [4.78, 5) is 16.9. The van der Waals surface area contributed by atoms with Gasteiger partial charge >= 0.3 is 0 Å². The van der Waals surface area contributed by atoms with Crippen molar-refractivity contribution in [3.8, 4) is 0 Å². The van der Waals surface area contributed by atoms with Crippen molar-refractivity contribution in [1.29, 1.82) is 0 Å². The minimum absolute atomic E-state index is 0.0598. The molecule has 142 valence electrons. The molecule has 3 rings (SSSR count). The minimum Gasteiger partial charge on any atom is -0.349 e. The highest BCUT2D eigenvalue weighted by molar-refractivity contribution is 5.77. The van der Waals surface area contributed by atoms with Crippen LogP contribution in [0.1, 0.15) is 51.1 Å². The molecule has 0 bridgehead atoms. The first-order chi connectivity index (χ1) is 12.9. The van der Waals surface area contributed by atoms with Crippen LogP contribution in [-0.4, -0.2) is 15.5 Å². The van der Waals surface area contributed by atoms with Gasteiger partial charge in [0, 0.05) is 13.0 Å². The highest BCUT2D eigenvalue weighted by Crippen LogP contribution is 2.22. The van der Waals surface area contributed by atoms with Gasteiger partial charge in [0.1, 0.15) is 5.82 Å². The SMILES string of the molecule is CCn1c(CNC(=O)CCc2ccc(C(C)(C)C)cc2)nc2ccccc21. The Morgan fingerprint density at radius 3 is 2.44 bits per heavy atom. The third kappa shape index (κ3) is 4.57. The van der Waals surface area contributed by atoms with Gasteiger partial charge in [-0.25, -0.2) is 4.98 Å². The molecule has 1 amide bonds. The standard InChI is InChI=1S/C23H29N3O/c1-5-26-20-9-7-6-8-19(20)25-21(26)16-24-22(27)15-12-17-10-13-18(14-11-17)23(2,3)4/h6-11,13-14H,5,12,15-16H2,1-4H3,(H,24,27). The molecule has 3 aromatic rings. The summed E-state index contributed by atoms with van der Waals surface area (Å²) in [6.45, 7) is 10.0. The molecule has 4 heteroatoms. The van der Waals surface area contributed by atoms with E-state index in [0.717, 1.165) is 29.8 Å². The first-order valence-electron chi connectivity index (χ1n) is 9.68. The molecule has 4 nitrogen and oxygen atoms in total. The number of para-hydroxylation sites is 2. The summed E-state index contributed by atoms with van der Waals surface area (Å²) in [5.41, 5.74) is 4.75. The molecule has 0 saturated heterocycles. The topological polar surface area (TPSA) is 46.9 Å². The van der Waals surface area contributed by atoms with Crippen LogP contribution in [0.15, 0.2) is 48.5 Å². The summed E-state index contributed by atoms with van der Waals surface area (Å²) >= 11 is 0. The summed E-state index contributed by atoms with van der Waals surface area (Å²) in [6.07, 6.45) is 1.24. The Morgan fingerprint density at radius 1 is 1.07 bits per heavy atom. The van der Waals surface area contributed by atoms with Gasteiger partial charge in [0.05, 0.1) is 17.6 Å². The molecule has 0 aliphatic carbocycles. The van der Waals surface area contributed by atoms with Gasteiger partial charge in [-0.15, -0.1) is 0 Å². The highest BCUT2D eigenvalue weighted by Gasteiger charge is 2.13. The van der Waals surface area contributed by atoms with E-state index in [0.29, 0.717) is 13.0 Å². The third-order valence-electron chi connectivity index (χ3n) is 4.95. The number of benzene rings is 2. The number of imidazole rings is 1. The van der Waals surface area contributed by atoms with Crippen LogP contribution in [0.3, 0.4) is 0 Å². The minimum atomic E-state index is 0.0598. The van der Waals surface area contributed by atoms with E-state index in [-0.39, 0.29) is 11.3 Å². The maximum Gasteiger partial charge on any atom is 0.220 e. The molecular weight excluding hydrogens is 334 g/mol. The van der Waals surface area contributed by atoms with Crippen LogP contribution in [-0.2, 0) is 29.7 Å². The highest BCUT2D eigenvalue weighted by atomic mass is 16.1. The summed E-state index contributed by atoms with van der Waals surface area (Å²) in [7, 11) is 0. The molecular formula is C23H29N3O. The Labute approximate surface area is 161 Å². The van der Waals surface area contributed by atoms with E-state index in [1.54, 1.807) is 0 Å². The van der Waals surface area contributed by atoms with Gasteiger partial charge in [0.15, 0.2) is 0 Å². The average molecular weight is 364 g/mol. The summed E-state index contributed by atoms with van der Waals surface area (Å²) in [6, 6.07) is 16.7. The van der Waals surface area contributed by atoms with Gasteiger partial charge in [-0.2, -0.15) is 0 Å². The van der Waals surface area contributed by atoms with Crippen LogP contribution >= 0.6 is 0 Å². The first kappa shape index (κ1) is 19.2. The summed E-state index contributed by atoms with van der Waals surface area (Å²) in [5, 5.41) is 3.02. The first-order valence-corrected chi connectivity index (χ1v) is 9.68. The quantitative estimate of drug-likeness (QED) is 0.695. The molecule has 0 aliphatic heterocycles. The number of carbonyl (C=O) groups is 1. The van der Waals surface area contributed by atoms with Crippen molar-refractivity contribution in [3.05, 3.63) is 65.5 Å². The van der Waals surface area contributed by atoms with Crippen LogP contribution in [0.25, 0.3) is 11.0 Å². The monoisotopic (exact) mass is 363 g/mol. The maximum absolute atomic E-state index is 12.3. The number of nitrogens with zero attached hydrogens (tertiary/aromatic N) is 2. The molecule has 1 N–H and O–H groups in total. The van der Waals surface area contributed by atoms with E-state index in [2.05, 4.69) is 72.9 Å². The summed E-state index contributed by atoms with van der Waals surface area (Å²) < 4.78 is 2.15. The smallest absolute Gasteiger partial charge is 0.220 e. The second kappa shape index (κ2) is 7.95. The largest absolute Gasteiger partial charge is 0.349 e. The molecule has 0 saturated carbocycles. The van der Waals surface area contributed by atoms with Crippen LogP contribution < -0.4 is 5.32 Å². The van der Waals surface area contributed by atoms with E-state index in [9.17, 15) is 4.79 Å². The molecule has 0 aliphatic rings. The van der Waals surface area contributed by atoms with Crippen molar-refractivity contribution >= 4 is 16.9 Å². The molecule has 0 fully saturated rings. The van der Waals surface area contributed by atoms with E-state index in [4.69, 9.17) is 0 Å². The zero-order valence-electron chi connectivity index (χ0n) is 16.7. The second-order valence-corrected chi connectivity index (χ2v) is 7.98. The maximum atomic E-state index is 12.3. The Balaban J connectivity index is 1.56. The van der Waals surface area contributed by atoms with Crippen molar-refractivity contribution in [1.82, 2.24) is 14.9 Å². The van der Waals surface area contributed by atoms with Gasteiger partial charge in [0.2, 0.25) is 5.91 Å². The zero-order chi connectivity index (χ0) is 19.4. The fourth-order valence-corrected chi connectivity index (χ4v) is 3.31. The lowest BCUT2D eigenvalue weighted by molar-refractivity contribution is -0.121. The predicted octanol–water partition coefficient (Wildman–Crippen LogP) is 4.60. The Kier molecular flexibility index (Phi) is 5.64. The number of carbonyl (C=O) groups excluding carboxylic acids is 1. The predicted molar refractivity (Wildman–Crippen MR) is 111 cm³/mol.